The quantitative estimate of drug-likeness (QED) is 0.453. The molecule has 2 amide bonds. The van der Waals surface area contributed by atoms with Gasteiger partial charge >= 0.3 is 0 Å². The van der Waals surface area contributed by atoms with Crippen LogP contribution in [0.1, 0.15) is 21.5 Å². The van der Waals surface area contributed by atoms with Crippen LogP contribution in [0.3, 0.4) is 0 Å². The van der Waals surface area contributed by atoms with Crippen LogP contribution in [-0.2, 0) is 17.9 Å². The first-order valence-corrected chi connectivity index (χ1v) is 12.0. The van der Waals surface area contributed by atoms with Gasteiger partial charge in [0.1, 0.15) is 0 Å². The Bertz CT molecular complexity index is 1290. The number of benzene rings is 2. The zero-order valence-corrected chi connectivity index (χ0v) is 19.6. The molecule has 3 heterocycles. The summed E-state index contributed by atoms with van der Waals surface area (Å²) in [6, 6.07) is 22.2. The number of nitrogens with zero attached hydrogens (tertiary/aromatic N) is 4. The predicted octanol–water partition coefficient (Wildman–Crippen LogP) is 3.16. The first-order valence-electron chi connectivity index (χ1n) is 12.0. The second-order valence-electron chi connectivity index (χ2n) is 8.88. The second kappa shape index (κ2) is 10.5. The van der Waals surface area contributed by atoms with Gasteiger partial charge in [0.25, 0.3) is 5.91 Å². The fourth-order valence-electron chi connectivity index (χ4n) is 4.57. The fourth-order valence-corrected chi connectivity index (χ4v) is 4.57. The number of pyridine rings is 1. The molecule has 1 saturated heterocycles. The highest BCUT2D eigenvalue weighted by Gasteiger charge is 2.25. The molecule has 2 aromatic carbocycles. The molecule has 7 nitrogen and oxygen atoms in total. The molecule has 7 heteroatoms. The van der Waals surface area contributed by atoms with Crippen LogP contribution in [0.15, 0.2) is 85.3 Å². The van der Waals surface area contributed by atoms with Crippen molar-refractivity contribution in [3.8, 4) is 0 Å². The summed E-state index contributed by atoms with van der Waals surface area (Å²) in [5.74, 6) is 0.0336. The van der Waals surface area contributed by atoms with E-state index in [1.165, 1.54) is 5.56 Å². The van der Waals surface area contributed by atoms with E-state index in [1.807, 2.05) is 59.6 Å². The molecular weight excluding hydrogens is 438 g/mol. The summed E-state index contributed by atoms with van der Waals surface area (Å²) in [4.78, 5) is 33.9. The van der Waals surface area contributed by atoms with Crippen molar-refractivity contribution in [2.75, 3.05) is 32.7 Å². The summed E-state index contributed by atoms with van der Waals surface area (Å²) in [6.07, 6.45) is 5.45. The van der Waals surface area contributed by atoms with E-state index in [0.29, 0.717) is 39.3 Å². The van der Waals surface area contributed by atoms with Crippen molar-refractivity contribution in [3.63, 3.8) is 0 Å². The van der Waals surface area contributed by atoms with E-state index >= 15 is 0 Å². The first-order chi connectivity index (χ1) is 17.2. The molecule has 1 aliphatic heterocycles. The molecule has 0 bridgehead atoms. The van der Waals surface area contributed by atoms with Gasteiger partial charge in [0.05, 0.1) is 12.1 Å². The number of hydrogen-bond donors (Lipinski definition) is 1. The van der Waals surface area contributed by atoms with E-state index < -0.39 is 0 Å². The lowest BCUT2D eigenvalue weighted by Gasteiger charge is -2.34. The van der Waals surface area contributed by atoms with Crippen LogP contribution >= 0.6 is 0 Å². The third-order valence-corrected chi connectivity index (χ3v) is 6.45. The van der Waals surface area contributed by atoms with Crippen molar-refractivity contribution >= 4 is 22.7 Å². The van der Waals surface area contributed by atoms with Crippen LogP contribution in [0.5, 0.6) is 0 Å². The van der Waals surface area contributed by atoms with Crippen LogP contribution in [0.2, 0.25) is 0 Å². The maximum atomic E-state index is 13.5. The summed E-state index contributed by atoms with van der Waals surface area (Å²) in [6.45, 7) is 4.08. The Morgan fingerprint density at radius 2 is 1.60 bits per heavy atom. The maximum absolute atomic E-state index is 13.5. The second-order valence-corrected chi connectivity index (χ2v) is 8.88. The Kier molecular flexibility index (Phi) is 6.86. The molecule has 178 valence electrons. The van der Waals surface area contributed by atoms with Gasteiger partial charge in [0, 0.05) is 68.8 Å². The van der Waals surface area contributed by atoms with Gasteiger partial charge in [-0.05, 0) is 23.3 Å². The Balaban J connectivity index is 1.20. The van der Waals surface area contributed by atoms with Gasteiger partial charge in [0.15, 0.2) is 0 Å². The lowest BCUT2D eigenvalue weighted by molar-refractivity contribution is -0.122. The highest BCUT2D eigenvalue weighted by Crippen LogP contribution is 2.24. The summed E-state index contributed by atoms with van der Waals surface area (Å²) in [5.41, 5.74) is 3.97. The van der Waals surface area contributed by atoms with Gasteiger partial charge < -0.3 is 14.8 Å². The highest BCUT2D eigenvalue weighted by atomic mass is 16.2. The topological polar surface area (TPSA) is 70.5 Å². The molecule has 2 aromatic heterocycles. The van der Waals surface area contributed by atoms with E-state index in [-0.39, 0.29) is 11.8 Å². The van der Waals surface area contributed by atoms with E-state index in [9.17, 15) is 9.59 Å². The van der Waals surface area contributed by atoms with E-state index in [1.54, 1.807) is 12.4 Å². The first kappa shape index (κ1) is 22.8. The van der Waals surface area contributed by atoms with E-state index in [0.717, 1.165) is 28.6 Å². The number of nitrogens with one attached hydrogen (secondary N) is 1. The number of fused-ring (bicyclic) bond motifs is 1. The fraction of sp³-hybridized carbons (Fsp3) is 0.250. The molecule has 1 aliphatic rings. The molecule has 1 fully saturated rings. The molecule has 0 spiro atoms. The summed E-state index contributed by atoms with van der Waals surface area (Å²) in [7, 11) is 0. The number of carbonyl (C=O) groups is 2. The van der Waals surface area contributed by atoms with E-state index in [2.05, 4.69) is 38.0 Å². The van der Waals surface area contributed by atoms with Gasteiger partial charge in [-0.15, -0.1) is 0 Å². The molecule has 4 aromatic rings. The van der Waals surface area contributed by atoms with Crippen molar-refractivity contribution in [1.29, 1.82) is 0 Å². The lowest BCUT2D eigenvalue weighted by Crippen LogP contribution is -2.51. The van der Waals surface area contributed by atoms with Crippen LogP contribution < -0.4 is 5.32 Å². The van der Waals surface area contributed by atoms with E-state index in [4.69, 9.17) is 0 Å². The largest absolute Gasteiger partial charge is 0.351 e. The third kappa shape index (κ3) is 5.41. The highest BCUT2D eigenvalue weighted by molar-refractivity contribution is 6.07. The number of amides is 2. The average Bonchev–Trinajstić information content (AvgIpc) is 3.27. The van der Waals surface area contributed by atoms with Crippen molar-refractivity contribution in [3.05, 3.63) is 102 Å². The number of carbonyl (C=O) groups excluding carboxylic acids is 2. The standard InChI is InChI=1S/C28H29N5O2/c34-27(30-18-23-9-6-12-29-17-23)21-31-13-15-32(16-14-31)28(35)25-20-33(19-22-7-2-1-3-8-22)26-11-5-4-10-24(25)26/h1-12,17,20H,13-16,18-19,21H2,(H,30,34). The minimum absolute atomic E-state index is 0.0161. The van der Waals surface area contributed by atoms with Gasteiger partial charge in [-0.25, -0.2) is 0 Å². The Hall–Kier alpha value is -3.97. The zero-order chi connectivity index (χ0) is 24.0. The molecule has 0 saturated carbocycles. The van der Waals surface area contributed by atoms with Gasteiger partial charge in [-0.3, -0.25) is 19.5 Å². The third-order valence-electron chi connectivity index (χ3n) is 6.45. The normalized spacial score (nSPS) is 14.2. The van der Waals surface area contributed by atoms with Gasteiger partial charge in [-0.2, -0.15) is 0 Å². The number of para-hydroxylation sites is 1. The Morgan fingerprint density at radius 3 is 2.37 bits per heavy atom. The van der Waals surface area contributed by atoms with Crippen LogP contribution in [0, 0.1) is 0 Å². The molecule has 1 N–H and O–H groups in total. The number of aromatic nitrogens is 2. The minimum atomic E-state index is -0.0161. The van der Waals surface area contributed by atoms with Crippen molar-refractivity contribution in [2.24, 2.45) is 0 Å². The minimum Gasteiger partial charge on any atom is -0.351 e. The Labute approximate surface area is 205 Å². The molecule has 0 atom stereocenters. The monoisotopic (exact) mass is 467 g/mol. The Morgan fingerprint density at radius 1 is 0.857 bits per heavy atom. The molecule has 0 unspecified atom stereocenters. The lowest BCUT2D eigenvalue weighted by atomic mass is 10.1. The van der Waals surface area contributed by atoms with Crippen LogP contribution in [0.4, 0.5) is 0 Å². The van der Waals surface area contributed by atoms with Crippen LogP contribution in [0.25, 0.3) is 10.9 Å². The summed E-state index contributed by atoms with van der Waals surface area (Å²) in [5, 5.41) is 3.92. The molecular formula is C28H29N5O2. The average molecular weight is 468 g/mol. The summed E-state index contributed by atoms with van der Waals surface area (Å²) >= 11 is 0. The summed E-state index contributed by atoms with van der Waals surface area (Å²) < 4.78 is 2.15. The molecule has 0 aliphatic carbocycles. The van der Waals surface area contributed by atoms with Crippen LogP contribution in [-0.4, -0.2) is 63.9 Å². The SMILES string of the molecule is O=C(CN1CCN(C(=O)c2cn(Cc3ccccc3)c3ccccc23)CC1)NCc1cccnc1. The van der Waals surface area contributed by atoms with Crippen molar-refractivity contribution in [1.82, 2.24) is 24.7 Å². The molecule has 35 heavy (non-hydrogen) atoms. The molecule has 0 radical (unpaired) electrons. The smallest absolute Gasteiger partial charge is 0.256 e. The predicted molar refractivity (Wildman–Crippen MR) is 136 cm³/mol. The maximum Gasteiger partial charge on any atom is 0.256 e. The van der Waals surface area contributed by atoms with Gasteiger partial charge in [-0.1, -0.05) is 54.6 Å². The van der Waals surface area contributed by atoms with Crippen molar-refractivity contribution < 1.29 is 9.59 Å². The zero-order valence-electron chi connectivity index (χ0n) is 19.6. The van der Waals surface area contributed by atoms with Gasteiger partial charge in [0.2, 0.25) is 5.91 Å². The number of hydrogen-bond acceptors (Lipinski definition) is 4. The number of piperazine rings is 1. The molecule has 5 rings (SSSR count). The van der Waals surface area contributed by atoms with Crippen molar-refractivity contribution in [2.45, 2.75) is 13.1 Å². The number of rotatable bonds is 7.